The van der Waals surface area contributed by atoms with Crippen molar-refractivity contribution in [3.05, 3.63) is 0 Å². The third-order valence-corrected chi connectivity index (χ3v) is 4.13. The molecule has 0 aromatic rings. The zero-order valence-corrected chi connectivity index (χ0v) is 11.3. The Hall–Kier alpha value is -0.570. The highest BCUT2D eigenvalue weighted by Gasteiger charge is 2.33. The summed E-state index contributed by atoms with van der Waals surface area (Å²) in [6.45, 7) is 6.32. The molecule has 0 amide bonds. The van der Waals surface area contributed by atoms with Crippen molar-refractivity contribution in [1.29, 1.82) is 0 Å². The van der Waals surface area contributed by atoms with Crippen LogP contribution in [-0.4, -0.2) is 24.2 Å². The van der Waals surface area contributed by atoms with Crippen molar-refractivity contribution in [3.8, 4) is 0 Å². The van der Waals surface area contributed by atoms with E-state index in [1.165, 1.54) is 25.7 Å². The second-order valence-electron chi connectivity index (χ2n) is 5.78. The Labute approximate surface area is 105 Å². The van der Waals surface area contributed by atoms with Crippen molar-refractivity contribution in [3.63, 3.8) is 0 Å². The molecule has 0 aromatic heterocycles. The number of aliphatic carboxylic acids is 1. The van der Waals surface area contributed by atoms with Gasteiger partial charge in [-0.2, -0.15) is 0 Å². The summed E-state index contributed by atoms with van der Waals surface area (Å²) >= 11 is 0. The highest BCUT2D eigenvalue weighted by atomic mass is 16.4. The van der Waals surface area contributed by atoms with Gasteiger partial charge in [0.05, 0.1) is 6.42 Å². The molecular formula is C14H27NO2. The van der Waals surface area contributed by atoms with E-state index in [1.54, 1.807) is 0 Å². The fourth-order valence-corrected chi connectivity index (χ4v) is 2.77. The Bertz CT molecular complexity index is 234. The molecule has 0 radical (unpaired) electrons. The second-order valence-corrected chi connectivity index (χ2v) is 5.78. The average Bonchev–Trinajstić information content (AvgIpc) is 2.29. The molecule has 100 valence electrons. The third-order valence-electron chi connectivity index (χ3n) is 4.13. The first-order valence-electron chi connectivity index (χ1n) is 7.00. The van der Waals surface area contributed by atoms with Crippen LogP contribution in [0.3, 0.4) is 0 Å². The van der Waals surface area contributed by atoms with E-state index < -0.39 is 5.97 Å². The van der Waals surface area contributed by atoms with E-state index >= 15 is 0 Å². The predicted molar refractivity (Wildman–Crippen MR) is 70.1 cm³/mol. The van der Waals surface area contributed by atoms with Gasteiger partial charge in [0.15, 0.2) is 0 Å². The molecule has 0 bridgehead atoms. The summed E-state index contributed by atoms with van der Waals surface area (Å²) in [6.07, 6.45) is 7.32. The Morgan fingerprint density at radius 1 is 1.35 bits per heavy atom. The van der Waals surface area contributed by atoms with Gasteiger partial charge in [-0.1, -0.05) is 39.5 Å². The molecule has 1 aliphatic rings. The van der Waals surface area contributed by atoms with Crippen LogP contribution in [0.1, 0.15) is 58.8 Å². The average molecular weight is 241 g/mol. The third kappa shape index (κ3) is 5.07. The summed E-state index contributed by atoms with van der Waals surface area (Å²) in [5.41, 5.74) is 0.0253. The number of carboxylic acids is 1. The fourth-order valence-electron chi connectivity index (χ4n) is 2.77. The zero-order valence-electron chi connectivity index (χ0n) is 11.3. The van der Waals surface area contributed by atoms with Gasteiger partial charge in [0.25, 0.3) is 0 Å². The molecule has 0 heterocycles. The summed E-state index contributed by atoms with van der Waals surface area (Å²) in [5.74, 6) is 0.0395. The van der Waals surface area contributed by atoms with Gasteiger partial charge in [-0.05, 0) is 30.7 Å². The predicted octanol–water partition coefficient (Wildman–Crippen LogP) is 3.05. The van der Waals surface area contributed by atoms with Crippen LogP contribution in [-0.2, 0) is 4.79 Å². The second kappa shape index (κ2) is 7.00. The van der Waals surface area contributed by atoms with Gasteiger partial charge in [0.2, 0.25) is 0 Å². The number of hydrogen-bond acceptors (Lipinski definition) is 2. The molecule has 1 unspecified atom stereocenters. The molecule has 17 heavy (non-hydrogen) atoms. The first-order chi connectivity index (χ1) is 8.08. The zero-order chi connectivity index (χ0) is 12.7. The summed E-state index contributed by atoms with van der Waals surface area (Å²) in [5, 5.41) is 12.5. The summed E-state index contributed by atoms with van der Waals surface area (Å²) in [4.78, 5) is 11.0. The SMILES string of the molecule is CCC(C)CNCC1(CC(=O)O)CCCCC1. The van der Waals surface area contributed by atoms with E-state index in [9.17, 15) is 4.79 Å². The van der Waals surface area contributed by atoms with Crippen molar-refractivity contribution < 1.29 is 9.90 Å². The van der Waals surface area contributed by atoms with Gasteiger partial charge >= 0.3 is 5.97 Å². The maximum Gasteiger partial charge on any atom is 0.303 e. The van der Waals surface area contributed by atoms with Crippen molar-refractivity contribution >= 4 is 5.97 Å². The van der Waals surface area contributed by atoms with E-state index in [4.69, 9.17) is 5.11 Å². The minimum absolute atomic E-state index is 0.0253. The van der Waals surface area contributed by atoms with Crippen molar-refractivity contribution in [2.24, 2.45) is 11.3 Å². The first-order valence-corrected chi connectivity index (χ1v) is 7.00. The van der Waals surface area contributed by atoms with E-state index in [0.717, 1.165) is 25.9 Å². The molecule has 0 aliphatic heterocycles. The summed E-state index contributed by atoms with van der Waals surface area (Å²) in [7, 11) is 0. The highest BCUT2D eigenvalue weighted by molar-refractivity contribution is 5.67. The molecule has 0 aromatic carbocycles. The van der Waals surface area contributed by atoms with Crippen LogP contribution in [0, 0.1) is 11.3 Å². The van der Waals surface area contributed by atoms with Crippen molar-refractivity contribution in [1.82, 2.24) is 5.32 Å². The largest absolute Gasteiger partial charge is 0.481 e. The number of nitrogens with one attached hydrogen (secondary N) is 1. The minimum atomic E-state index is -0.641. The number of carbonyl (C=O) groups is 1. The van der Waals surface area contributed by atoms with E-state index in [-0.39, 0.29) is 5.41 Å². The topological polar surface area (TPSA) is 49.3 Å². The highest BCUT2D eigenvalue weighted by Crippen LogP contribution is 2.38. The van der Waals surface area contributed by atoms with E-state index in [0.29, 0.717) is 12.3 Å². The Morgan fingerprint density at radius 3 is 2.53 bits per heavy atom. The Balaban J connectivity index is 2.42. The van der Waals surface area contributed by atoms with E-state index in [1.807, 2.05) is 0 Å². The van der Waals surface area contributed by atoms with Gasteiger partial charge in [-0.25, -0.2) is 0 Å². The monoisotopic (exact) mass is 241 g/mol. The van der Waals surface area contributed by atoms with Gasteiger partial charge in [-0.3, -0.25) is 4.79 Å². The van der Waals surface area contributed by atoms with Crippen LogP contribution >= 0.6 is 0 Å². The number of hydrogen-bond donors (Lipinski definition) is 2. The molecule has 3 nitrogen and oxygen atoms in total. The molecule has 3 heteroatoms. The van der Waals surface area contributed by atoms with Crippen molar-refractivity contribution in [2.45, 2.75) is 58.8 Å². The molecule has 1 fully saturated rings. The van der Waals surface area contributed by atoms with Crippen LogP contribution in [0.15, 0.2) is 0 Å². The smallest absolute Gasteiger partial charge is 0.303 e. The lowest BCUT2D eigenvalue weighted by molar-refractivity contribution is -0.140. The lowest BCUT2D eigenvalue weighted by Gasteiger charge is -2.36. The normalized spacial score (nSPS) is 21.1. The molecule has 0 saturated heterocycles. The van der Waals surface area contributed by atoms with Gasteiger partial charge < -0.3 is 10.4 Å². The molecule has 1 aliphatic carbocycles. The van der Waals surface area contributed by atoms with Crippen LogP contribution in [0.5, 0.6) is 0 Å². The standard InChI is InChI=1S/C14H27NO2/c1-3-12(2)10-15-11-14(9-13(16)17)7-5-4-6-8-14/h12,15H,3-11H2,1-2H3,(H,16,17). The quantitative estimate of drug-likeness (QED) is 0.720. The Morgan fingerprint density at radius 2 is 2.00 bits per heavy atom. The molecular weight excluding hydrogens is 214 g/mol. The van der Waals surface area contributed by atoms with Crippen molar-refractivity contribution in [2.75, 3.05) is 13.1 Å². The van der Waals surface area contributed by atoms with Gasteiger partial charge in [-0.15, -0.1) is 0 Å². The summed E-state index contributed by atoms with van der Waals surface area (Å²) < 4.78 is 0. The van der Waals surface area contributed by atoms with Gasteiger partial charge in [0.1, 0.15) is 0 Å². The lowest BCUT2D eigenvalue weighted by Crippen LogP contribution is -2.39. The van der Waals surface area contributed by atoms with Crippen LogP contribution in [0.25, 0.3) is 0 Å². The lowest BCUT2D eigenvalue weighted by atomic mass is 9.71. The maximum atomic E-state index is 11.0. The molecule has 2 N–H and O–H groups in total. The van der Waals surface area contributed by atoms with Gasteiger partial charge in [0, 0.05) is 6.54 Å². The van der Waals surface area contributed by atoms with Crippen LogP contribution < -0.4 is 5.32 Å². The van der Waals surface area contributed by atoms with E-state index in [2.05, 4.69) is 19.2 Å². The molecule has 1 saturated carbocycles. The fraction of sp³-hybridized carbons (Fsp3) is 0.929. The molecule has 0 spiro atoms. The molecule has 1 rings (SSSR count). The first kappa shape index (κ1) is 14.5. The molecule has 1 atom stereocenters. The minimum Gasteiger partial charge on any atom is -0.481 e. The Kier molecular flexibility index (Phi) is 5.96. The summed E-state index contributed by atoms with van der Waals surface area (Å²) in [6, 6.07) is 0. The van der Waals surface area contributed by atoms with Crippen LogP contribution in [0.4, 0.5) is 0 Å². The number of carboxylic acid groups (broad SMARTS) is 1. The number of rotatable bonds is 7. The maximum absolute atomic E-state index is 11.0. The van der Waals surface area contributed by atoms with Crippen LogP contribution in [0.2, 0.25) is 0 Å².